The molecule has 0 radical (unpaired) electrons. The second kappa shape index (κ2) is 6.69. The molecule has 0 aliphatic heterocycles. The monoisotopic (exact) mass is 257 g/mol. The molecule has 2 aromatic carbocycles. The Bertz CT molecular complexity index is 511. The van der Waals surface area contributed by atoms with E-state index >= 15 is 0 Å². The van der Waals surface area contributed by atoms with Gasteiger partial charge in [0.15, 0.2) is 11.5 Å². The molecule has 3 heteroatoms. The highest BCUT2D eigenvalue weighted by Gasteiger charge is 2.04. The normalized spacial score (nSPS) is 10.0. The van der Waals surface area contributed by atoms with Gasteiger partial charge in [0.05, 0.1) is 13.7 Å². The molecule has 0 aliphatic rings. The zero-order chi connectivity index (χ0) is 13.5. The summed E-state index contributed by atoms with van der Waals surface area (Å²) in [6, 6.07) is 16.2. The zero-order valence-electron chi connectivity index (χ0n) is 11.3. The summed E-state index contributed by atoms with van der Waals surface area (Å²) in [6.45, 7) is 3.38. The maximum absolute atomic E-state index is 5.56. The number of anilines is 1. The van der Waals surface area contributed by atoms with E-state index in [1.807, 2.05) is 43.3 Å². The summed E-state index contributed by atoms with van der Waals surface area (Å²) < 4.78 is 10.8. The van der Waals surface area contributed by atoms with Crippen molar-refractivity contribution >= 4 is 5.69 Å². The van der Waals surface area contributed by atoms with Crippen LogP contribution in [-0.2, 0) is 6.54 Å². The molecule has 3 nitrogen and oxygen atoms in total. The quantitative estimate of drug-likeness (QED) is 0.855. The lowest BCUT2D eigenvalue weighted by Crippen LogP contribution is -2.01. The van der Waals surface area contributed by atoms with Crippen LogP contribution in [0, 0.1) is 0 Å². The summed E-state index contributed by atoms with van der Waals surface area (Å²) in [6.07, 6.45) is 0. The van der Waals surface area contributed by atoms with Gasteiger partial charge in [0, 0.05) is 18.3 Å². The minimum Gasteiger partial charge on any atom is -0.493 e. The summed E-state index contributed by atoms with van der Waals surface area (Å²) in [4.78, 5) is 0. The summed E-state index contributed by atoms with van der Waals surface area (Å²) in [5.41, 5.74) is 2.27. The van der Waals surface area contributed by atoms with Crippen molar-refractivity contribution in [1.82, 2.24) is 0 Å². The number of hydrogen-bond acceptors (Lipinski definition) is 3. The fraction of sp³-hybridized carbons (Fsp3) is 0.250. The lowest BCUT2D eigenvalue weighted by molar-refractivity contribution is 0.311. The van der Waals surface area contributed by atoms with Gasteiger partial charge in [-0.25, -0.2) is 0 Å². The maximum Gasteiger partial charge on any atom is 0.163 e. The second-order valence-corrected chi connectivity index (χ2v) is 4.14. The van der Waals surface area contributed by atoms with E-state index in [2.05, 4.69) is 17.4 Å². The summed E-state index contributed by atoms with van der Waals surface area (Å²) in [7, 11) is 1.65. The van der Waals surface area contributed by atoms with Crippen molar-refractivity contribution in [3.8, 4) is 11.5 Å². The van der Waals surface area contributed by atoms with Crippen molar-refractivity contribution in [1.29, 1.82) is 0 Å². The van der Waals surface area contributed by atoms with Gasteiger partial charge >= 0.3 is 0 Å². The third kappa shape index (κ3) is 3.65. The first-order chi connectivity index (χ1) is 9.33. The van der Waals surface area contributed by atoms with Gasteiger partial charge in [-0.1, -0.05) is 30.3 Å². The Morgan fingerprint density at radius 1 is 1.00 bits per heavy atom. The van der Waals surface area contributed by atoms with E-state index in [0.717, 1.165) is 23.7 Å². The largest absolute Gasteiger partial charge is 0.493 e. The van der Waals surface area contributed by atoms with Crippen LogP contribution in [0.2, 0.25) is 0 Å². The molecule has 0 heterocycles. The van der Waals surface area contributed by atoms with Crippen LogP contribution in [0.5, 0.6) is 11.5 Å². The lowest BCUT2D eigenvalue weighted by atomic mass is 10.2. The van der Waals surface area contributed by atoms with E-state index in [1.165, 1.54) is 5.56 Å². The molecule has 0 fully saturated rings. The molecule has 2 rings (SSSR count). The molecule has 0 spiro atoms. The minimum absolute atomic E-state index is 0.624. The highest BCUT2D eigenvalue weighted by atomic mass is 16.5. The van der Waals surface area contributed by atoms with E-state index in [4.69, 9.17) is 9.47 Å². The Balaban J connectivity index is 2.06. The van der Waals surface area contributed by atoms with Crippen LogP contribution in [-0.4, -0.2) is 13.7 Å². The van der Waals surface area contributed by atoms with Crippen molar-refractivity contribution in [3.05, 3.63) is 54.1 Å². The number of hydrogen-bond donors (Lipinski definition) is 1. The van der Waals surface area contributed by atoms with Crippen LogP contribution >= 0.6 is 0 Å². The molecule has 2 aromatic rings. The maximum atomic E-state index is 5.56. The van der Waals surface area contributed by atoms with E-state index in [0.29, 0.717) is 6.61 Å². The van der Waals surface area contributed by atoms with Crippen LogP contribution in [0.3, 0.4) is 0 Å². The van der Waals surface area contributed by atoms with E-state index in [-0.39, 0.29) is 0 Å². The molecule has 1 N–H and O–H groups in total. The average Bonchev–Trinajstić information content (AvgIpc) is 2.47. The molecule has 19 heavy (non-hydrogen) atoms. The first-order valence-corrected chi connectivity index (χ1v) is 6.42. The van der Waals surface area contributed by atoms with Crippen molar-refractivity contribution in [2.75, 3.05) is 19.0 Å². The minimum atomic E-state index is 0.624. The first kappa shape index (κ1) is 13.3. The number of benzene rings is 2. The lowest BCUT2D eigenvalue weighted by Gasteiger charge is -2.12. The van der Waals surface area contributed by atoms with Gasteiger partial charge in [0.25, 0.3) is 0 Å². The molecule has 0 aliphatic carbocycles. The fourth-order valence-electron chi connectivity index (χ4n) is 1.85. The van der Waals surface area contributed by atoms with Gasteiger partial charge in [-0.3, -0.25) is 0 Å². The molecule has 0 aromatic heterocycles. The van der Waals surface area contributed by atoms with Gasteiger partial charge in [0.1, 0.15) is 0 Å². The third-order valence-corrected chi connectivity index (χ3v) is 2.80. The predicted molar refractivity (Wildman–Crippen MR) is 77.9 cm³/mol. The average molecular weight is 257 g/mol. The predicted octanol–water partition coefficient (Wildman–Crippen LogP) is 3.71. The van der Waals surface area contributed by atoms with Crippen molar-refractivity contribution < 1.29 is 9.47 Å². The van der Waals surface area contributed by atoms with Crippen LogP contribution in [0.1, 0.15) is 12.5 Å². The summed E-state index contributed by atoms with van der Waals surface area (Å²) in [5.74, 6) is 1.52. The van der Waals surface area contributed by atoms with E-state index in [9.17, 15) is 0 Å². The number of ether oxygens (including phenoxy) is 2. The standard InChI is InChI=1S/C16H19NO2/c1-3-19-16-11-14(9-10-15(16)18-2)17-12-13-7-5-4-6-8-13/h4-11,17H,3,12H2,1-2H3. The van der Waals surface area contributed by atoms with Gasteiger partial charge in [0.2, 0.25) is 0 Å². The topological polar surface area (TPSA) is 30.5 Å². The summed E-state index contributed by atoms with van der Waals surface area (Å²) in [5, 5.41) is 3.38. The van der Waals surface area contributed by atoms with Crippen LogP contribution in [0.25, 0.3) is 0 Å². The number of rotatable bonds is 6. The van der Waals surface area contributed by atoms with Crippen LogP contribution in [0.4, 0.5) is 5.69 Å². The Labute approximate surface area is 114 Å². The Kier molecular flexibility index (Phi) is 4.67. The number of methoxy groups -OCH3 is 1. The van der Waals surface area contributed by atoms with E-state index in [1.54, 1.807) is 7.11 Å². The molecule has 100 valence electrons. The fourth-order valence-corrected chi connectivity index (χ4v) is 1.85. The van der Waals surface area contributed by atoms with Crippen molar-refractivity contribution in [2.24, 2.45) is 0 Å². The Morgan fingerprint density at radius 2 is 1.79 bits per heavy atom. The zero-order valence-corrected chi connectivity index (χ0v) is 11.3. The van der Waals surface area contributed by atoms with Crippen molar-refractivity contribution in [2.45, 2.75) is 13.5 Å². The third-order valence-electron chi connectivity index (χ3n) is 2.80. The Hall–Kier alpha value is -2.16. The SMILES string of the molecule is CCOc1cc(NCc2ccccc2)ccc1OC. The van der Waals surface area contributed by atoms with Gasteiger partial charge in [-0.05, 0) is 24.6 Å². The van der Waals surface area contributed by atoms with Gasteiger partial charge < -0.3 is 14.8 Å². The van der Waals surface area contributed by atoms with Gasteiger partial charge in [-0.2, -0.15) is 0 Å². The first-order valence-electron chi connectivity index (χ1n) is 6.42. The van der Waals surface area contributed by atoms with Crippen LogP contribution in [0.15, 0.2) is 48.5 Å². The molecule has 0 saturated heterocycles. The van der Waals surface area contributed by atoms with Crippen LogP contribution < -0.4 is 14.8 Å². The van der Waals surface area contributed by atoms with Gasteiger partial charge in [-0.15, -0.1) is 0 Å². The molecule has 0 unspecified atom stereocenters. The molecule has 0 bridgehead atoms. The highest BCUT2D eigenvalue weighted by molar-refractivity contribution is 5.55. The molecular formula is C16H19NO2. The molecule has 0 amide bonds. The highest BCUT2D eigenvalue weighted by Crippen LogP contribution is 2.30. The molecular weight excluding hydrogens is 238 g/mol. The molecule has 0 saturated carbocycles. The summed E-state index contributed by atoms with van der Waals surface area (Å²) >= 11 is 0. The second-order valence-electron chi connectivity index (χ2n) is 4.14. The number of nitrogens with one attached hydrogen (secondary N) is 1. The van der Waals surface area contributed by atoms with Crippen molar-refractivity contribution in [3.63, 3.8) is 0 Å². The smallest absolute Gasteiger partial charge is 0.163 e. The molecule has 0 atom stereocenters. The van der Waals surface area contributed by atoms with E-state index < -0.39 is 0 Å². The Morgan fingerprint density at radius 3 is 2.47 bits per heavy atom.